The van der Waals surface area contributed by atoms with E-state index >= 15 is 0 Å². The number of nitrogens with zero attached hydrogens (tertiary/aromatic N) is 1. The van der Waals surface area contributed by atoms with Gasteiger partial charge in [0.2, 0.25) is 11.7 Å². The number of hydrogen-bond acceptors (Lipinski definition) is 5. The SMILES string of the molecule is COc1cc(C(=O)Nc2nc3ccc(C)cc3[nH]2)cc(OC)c1OC. The van der Waals surface area contributed by atoms with Gasteiger partial charge in [-0.05, 0) is 36.8 Å². The van der Waals surface area contributed by atoms with Gasteiger partial charge in [0, 0.05) is 5.56 Å². The predicted octanol–water partition coefficient (Wildman–Crippen LogP) is 3.15. The molecular formula is C18H19N3O4. The van der Waals surface area contributed by atoms with E-state index in [-0.39, 0.29) is 5.91 Å². The van der Waals surface area contributed by atoms with Gasteiger partial charge in [-0.1, -0.05) is 6.07 Å². The van der Waals surface area contributed by atoms with E-state index in [1.54, 1.807) is 12.1 Å². The van der Waals surface area contributed by atoms with Crippen molar-refractivity contribution in [3.8, 4) is 17.2 Å². The highest BCUT2D eigenvalue weighted by atomic mass is 16.5. The zero-order valence-electron chi connectivity index (χ0n) is 14.5. The third-order valence-electron chi connectivity index (χ3n) is 3.80. The van der Waals surface area contributed by atoms with Crippen LogP contribution >= 0.6 is 0 Å². The van der Waals surface area contributed by atoms with Crippen molar-refractivity contribution in [3.05, 3.63) is 41.5 Å². The second kappa shape index (κ2) is 6.72. The summed E-state index contributed by atoms with van der Waals surface area (Å²) in [4.78, 5) is 20.0. The first kappa shape index (κ1) is 16.6. The van der Waals surface area contributed by atoms with Gasteiger partial charge in [-0.2, -0.15) is 0 Å². The third-order valence-corrected chi connectivity index (χ3v) is 3.80. The van der Waals surface area contributed by atoms with Crippen molar-refractivity contribution < 1.29 is 19.0 Å². The summed E-state index contributed by atoms with van der Waals surface area (Å²) in [5.41, 5.74) is 3.12. The Labute approximate surface area is 144 Å². The standard InChI is InChI=1S/C18H19N3O4/c1-10-5-6-12-13(7-10)20-18(19-12)21-17(22)11-8-14(23-2)16(25-4)15(9-11)24-3/h5-9H,1-4H3,(H2,19,20,21,22). The number of ether oxygens (including phenoxy) is 3. The lowest BCUT2D eigenvalue weighted by molar-refractivity contribution is 0.102. The van der Waals surface area contributed by atoms with Crippen LogP contribution in [0.3, 0.4) is 0 Å². The minimum atomic E-state index is -0.338. The number of fused-ring (bicyclic) bond motifs is 1. The molecule has 0 fully saturated rings. The average molecular weight is 341 g/mol. The molecule has 130 valence electrons. The highest BCUT2D eigenvalue weighted by molar-refractivity contribution is 6.04. The van der Waals surface area contributed by atoms with Gasteiger partial charge in [0.25, 0.3) is 5.91 Å². The highest BCUT2D eigenvalue weighted by Gasteiger charge is 2.18. The van der Waals surface area contributed by atoms with Crippen molar-refractivity contribution in [2.75, 3.05) is 26.6 Å². The van der Waals surface area contributed by atoms with Crippen LogP contribution < -0.4 is 19.5 Å². The van der Waals surface area contributed by atoms with Gasteiger partial charge >= 0.3 is 0 Å². The Kier molecular flexibility index (Phi) is 4.47. The molecule has 2 N–H and O–H groups in total. The molecule has 0 saturated carbocycles. The predicted molar refractivity (Wildman–Crippen MR) is 94.9 cm³/mol. The first-order valence-electron chi connectivity index (χ1n) is 7.63. The fraction of sp³-hybridized carbons (Fsp3) is 0.222. The van der Waals surface area contributed by atoms with E-state index in [0.29, 0.717) is 28.8 Å². The summed E-state index contributed by atoms with van der Waals surface area (Å²) in [5, 5.41) is 2.75. The van der Waals surface area contributed by atoms with Crippen LogP contribution in [0.5, 0.6) is 17.2 Å². The number of benzene rings is 2. The molecule has 0 atom stereocenters. The lowest BCUT2D eigenvalue weighted by Gasteiger charge is -2.13. The number of imidazole rings is 1. The van der Waals surface area contributed by atoms with Crippen molar-refractivity contribution in [3.63, 3.8) is 0 Å². The average Bonchev–Trinajstić information content (AvgIpc) is 3.01. The normalized spacial score (nSPS) is 10.6. The van der Waals surface area contributed by atoms with Gasteiger partial charge in [-0.3, -0.25) is 10.1 Å². The molecule has 7 nitrogen and oxygen atoms in total. The number of anilines is 1. The van der Waals surface area contributed by atoms with Crippen molar-refractivity contribution >= 4 is 22.9 Å². The fourth-order valence-corrected chi connectivity index (χ4v) is 2.57. The van der Waals surface area contributed by atoms with Gasteiger partial charge in [0.05, 0.1) is 32.4 Å². The number of nitrogens with one attached hydrogen (secondary N) is 2. The summed E-state index contributed by atoms with van der Waals surface area (Å²) in [5.74, 6) is 1.29. The van der Waals surface area contributed by atoms with E-state index in [1.807, 2.05) is 25.1 Å². The number of aromatic nitrogens is 2. The molecule has 0 spiro atoms. The Hall–Kier alpha value is -3.22. The maximum atomic E-state index is 12.6. The lowest BCUT2D eigenvalue weighted by atomic mass is 10.1. The van der Waals surface area contributed by atoms with Crippen LogP contribution in [-0.4, -0.2) is 37.2 Å². The Balaban J connectivity index is 1.91. The maximum absolute atomic E-state index is 12.6. The molecule has 3 aromatic rings. The van der Waals surface area contributed by atoms with Crippen LogP contribution in [0.2, 0.25) is 0 Å². The minimum Gasteiger partial charge on any atom is -0.493 e. The molecule has 1 amide bonds. The number of carbonyl (C=O) groups excluding carboxylic acids is 1. The summed E-state index contributed by atoms with van der Waals surface area (Å²) in [6.45, 7) is 1.99. The van der Waals surface area contributed by atoms with Crippen molar-refractivity contribution in [1.29, 1.82) is 0 Å². The molecule has 2 aromatic carbocycles. The molecule has 0 aliphatic carbocycles. The largest absolute Gasteiger partial charge is 0.493 e. The van der Waals surface area contributed by atoms with Crippen LogP contribution in [0.1, 0.15) is 15.9 Å². The van der Waals surface area contributed by atoms with E-state index < -0.39 is 0 Å². The Bertz CT molecular complexity index is 908. The van der Waals surface area contributed by atoms with Crippen molar-refractivity contribution in [1.82, 2.24) is 9.97 Å². The molecule has 25 heavy (non-hydrogen) atoms. The zero-order chi connectivity index (χ0) is 18.0. The Morgan fingerprint density at radius 2 is 1.72 bits per heavy atom. The molecule has 1 aromatic heterocycles. The maximum Gasteiger partial charge on any atom is 0.258 e. The van der Waals surface area contributed by atoms with Crippen molar-refractivity contribution in [2.24, 2.45) is 0 Å². The minimum absolute atomic E-state index is 0.338. The summed E-state index contributed by atoms with van der Waals surface area (Å²) in [6.07, 6.45) is 0. The third kappa shape index (κ3) is 3.21. The molecule has 7 heteroatoms. The van der Waals surface area contributed by atoms with E-state index in [2.05, 4.69) is 15.3 Å². The summed E-state index contributed by atoms with van der Waals surface area (Å²) < 4.78 is 15.8. The Morgan fingerprint density at radius 3 is 2.32 bits per heavy atom. The second-order valence-corrected chi connectivity index (χ2v) is 5.47. The van der Waals surface area contributed by atoms with E-state index in [4.69, 9.17) is 14.2 Å². The van der Waals surface area contributed by atoms with Gasteiger partial charge < -0.3 is 19.2 Å². The molecule has 0 radical (unpaired) electrons. The number of amides is 1. The quantitative estimate of drug-likeness (QED) is 0.744. The van der Waals surface area contributed by atoms with E-state index in [1.165, 1.54) is 21.3 Å². The van der Waals surface area contributed by atoms with Crippen LogP contribution in [-0.2, 0) is 0 Å². The number of carbonyl (C=O) groups is 1. The van der Waals surface area contributed by atoms with Gasteiger partial charge in [-0.15, -0.1) is 0 Å². The summed E-state index contributed by atoms with van der Waals surface area (Å²) >= 11 is 0. The lowest BCUT2D eigenvalue weighted by Crippen LogP contribution is -2.13. The number of hydrogen-bond donors (Lipinski definition) is 2. The number of H-pyrrole nitrogens is 1. The molecule has 3 rings (SSSR count). The number of rotatable bonds is 5. The summed E-state index contributed by atoms with van der Waals surface area (Å²) in [7, 11) is 4.51. The molecule has 0 aliphatic heterocycles. The molecular weight excluding hydrogens is 322 g/mol. The van der Waals surface area contributed by atoms with Gasteiger partial charge in [-0.25, -0.2) is 4.98 Å². The molecule has 0 unspecified atom stereocenters. The number of aromatic amines is 1. The first-order chi connectivity index (χ1) is 12.0. The molecule has 0 bridgehead atoms. The zero-order valence-corrected chi connectivity index (χ0v) is 14.5. The van der Waals surface area contributed by atoms with Gasteiger partial charge in [0.1, 0.15) is 0 Å². The van der Waals surface area contributed by atoms with E-state index in [9.17, 15) is 4.79 Å². The second-order valence-electron chi connectivity index (χ2n) is 5.47. The number of aryl methyl sites for hydroxylation is 1. The van der Waals surface area contributed by atoms with Crippen LogP contribution in [0, 0.1) is 6.92 Å². The summed E-state index contributed by atoms with van der Waals surface area (Å²) in [6, 6.07) is 9.01. The Morgan fingerprint density at radius 1 is 1.04 bits per heavy atom. The van der Waals surface area contributed by atoms with Crippen molar-refractivity contribution in [2.45, 2.75) is 6.92 Å². The van der Waals surface area contributed by atoms with Crippen LogP contribution in [0.15, 0.2) is 30.3 Å². The van der Waals surface area contributed by atoms with Crippen LogP contribution in [0.25, 0.3) is 11.0 Å². The fourth-order valence-electron chi connectivity index (χ4n) is 2.57. The first-order valence-corrected chi connectivity index (χ1v) is 7.63. The molecule has 0 saturated heterocycles. The number of methoxy groups -OCH3 is 3. The molecule has 1 heterocycles. The topological polar surface area (TPSA) is 85.5 Å². The van der Waals surface area contributed by atoms with Crippen LogP contribution in [0.4, 0.5) is 5.95 Å². The monoisotopic (exact) mass is 341 g/mol. The smallest absolute Gasteiger partial charge is 0.258 e. The molecule has 0 aliphatic rings. The van der Waals surface area contributed by atoms with Gasteiger partial charge in [0.15, 0.2) is 11.5 Å². The van der Waals surface area contributed by atoms with E-state index in [0.717, 1.165) is 16.6 Å². The highest BCUT2D eigenvalue weighted by Crippen LogP contribution is 2.38.